The number of amides is 2. The second-order valence-corrected chi connectivity index (χ2v) is 10.8. The van der Waals surface area contributed by atoms with Crippen LogP contribution in [0.4, 0.5) is 25.0 Å². The second kappa shape index (κ2) is 11.8. The van der Waals surface area contributed by atoms with E-state index in [2.05, 4.69) is 46.0 Å². The topological polar surface area (TPSA) is 94.3 Å². The van der Waals surface area contributed by atoms with Gasteiger partial charge in [0.15, 0.2) is 5.88 Å². The van der Waals surface area contributed by atoms with Gasteiger partial charge in [-0.05, 0) is 62.1 Å². The number of nitrogens with one attached hydrogen (secondary N) is 4. The number of carbonyl (C=O) groups is 1. The number of anilines is 2. The smallest absolute Gasteiger partial charge is 0.318 e. The van der Waals surface area contributed by atoms with E-state index >= 15 is 0 Å². The molecule has 2 amide bonds. The normalized spacial score (nSPS) is 21.1. The standard InChI is InChI=1S/C30H33ClF2N6O2/c1-16-6-5-7-26(39-13-12-23(38-30(39)40)27-22(32)11-10-21(31)28(27)33)29-34-15-25(37-29)20-9-8-19(36-18(3)41-4)14-24(20)35-17(16)2/h8-11,14-16,23,26,35-36H,2-3,5-7,12-13H2,1,4H3,(H,34,37)(H,38,40)/t16-,23-,26+/m1/s1. The van der Waals surface area contributed by atoms with Gasteiger partial charge < -0.3 is 30.6 Å². The van der Waals surface area contributed by atoms with E-state index in [1.165, 1.54) is 6.07 Å². The number of carbonyl (C=O) groups excluding carboxylic acids is 1. The van der Waals surface area contributed by atoms with Crippen LogP contribution in [0.25, 0.3) is 11.3 Å². The largest absolute Gasteiger partial charge is 0.483 e. The van der Waals surface area contributed by atoms with E-state index in [1.54, 1.807) is 18.2 Å². The summed E-state index contributed by atoms with van der Waals surface area (Å²) < 4.78 is 34.4. The molecule has 3 aromatic rings. The highest BCUT2D eigenvalue weighted by Gasteiger charge is 2.35. The van der Waals surface area contributed by atoms with Crippen LogP contribution in [0.5, 0.6) is 0 Å². The van der Waals surface area contributed by atoms with Crippen LogP contribution in [0, 0.1) is 17.6 Å². The number of imidazole rings is 1. The van der Waals surface area contributed by atoms with Crippen molar-refractivity contribution in [1.82, 2.24) is 20.2 Å². The third kappa shape index (κ3) is 5.88. The SMILES string of the molecule is C=C(Nc1ccc2c(c1)NC(=C)[C@H](C)CCC[C@H](N1CC[C@H](c3c(F)ccc(Cl)c3F)NC1=O)c1ncc-2[nH]1)OC. The number of hydrogen-bond donors (Lipinski definition) is 4. The van der Waals surface area contributed by atoms with E-state index in [-0.39, 0.29) is 22.5 Å². The number of hydrogen-bond acceptors (Lipinski definition) is 5. The Labute approximate surface area is 242 Å². The van der Waals surface area contributed by atoms with E-state index < -0.39 is 23.7 Å². The predicted molar refractivity (Wildman–Crippen MR) is 156 cm³/mol. The highest BCUT2D eigenvalue weighted by molar-refractivity contribution is 6.30. The van der Waals surface area contributed by atoms with Crippen molar-refractivity contribution in [1.29, 1.82) is 0 Å². The first-order chi connectivity index (χ1) is 19.7. The van der Waals surface area contributed by atoms with Crippen LogP contribution in [-0.2, 0) is 4.74 Å². The molecule has 0 unspecified atom stereocenters. The summed E-state index contributed by atoms with van der Waals surface area (Å²) in [5.41, 5.74) is 3.91. The number of allylic oxidation sites excluding steroid dienone is 1. The molecule has 2 bridgehead atoms. The molecule has 0 saturated carbocycles. The average Bonchev–Trinajstić information content (AvgIpc) is 3.43. The van der Waals surface area contributed by atoms with Crippen LogP contribution in [0.2, 0.25) is 5.02 Å². The predicted octanol–water partition coefficient (Wildman–Crippen LogP) is 7.48. The number of benzene rings is 2. The lowest BCUT2D eigenvalue weighted by Crippen LogP contribution is -2.50. The van der Waals surface area contributed by atoms with Gasteiger partial charge in [0.25, 0.3) is 0 Å². The molecule has 0 aliphatic carbocycles. The van der Waals surface area contributed by atoms with Crippen LogP contribution in [0.1, 0.15) is 56.1 Å². The monoisotopic (exact) mass is 582 g/mol. The van der Waals surface area contributed by atoms with Crippen molar-refractivity contribution in [3.05, 3.63) is 89.3 Å². The van der Waals surface area contributed by atoms with Gasteiger partial charge in [0, 0.05) is 34.7 Å². The molecule has 2 aromatic carbocycles. The van der Waals surface area contributed by atoms with Crippen molar-refractivity contribution in [2.45, 2.75) is 44.7 Å². The minimum atomic E-state index is -0.849. The van der Waals surface area contributed by atoms with Gasteiger partial charge in [-0.1, -0.05) is 31.5 Å². The lowest BCUT2D eigenvalue weighted by molar-refractivity contribution is 0.139. The molecule has 2 aliphatic rings. The fourth-order valence-corrected chi connectivity index (χ4v) is 5.56. The zero-order valence-corrected chi connectivity index (χ0v) is 23.7. The van der Waals surface area contributed by atoms with Crippen molar-refractivity contribution in [3.63, 3.8) is 0 Å². The molecule has 0 spiro atoms. The van der Waals surface area contributed by atoms with Gasteiger partial charge in [0.1, 0.15) is 17.5 Å². The second-order valence-electron chi connectivity index (χ2n) is 10.4. The Bertz CT molecular complexity index is 1490. The zero-order chi connectivity index (χ0) is 29.3. The maximum Gasteiger partial charge on any atom is 0.318 e. The molecule has 1 fully saturated rings. The Balaban J connectivity index is 1.45. The summed E-state index contributed by atoms with van der Waals surface area (Å²) in [6.45, 7) is 10.5. The number of halogens is 3. The fourth-order valence-electron chi connectivity index (χ4n) is 5.39. The Hall–Kier alpha value is -4.05. The van der Waals surface area contributed by atoms with E-state index in [4.69, 9.17) is 16.3 Å². The first-order valence-electron chi connectivity index (χ1n) is 13.5. The lowest BCUT2D eigenvalue weighted by atomic mass is 9.96. The van der Waals surface area contributed by atoms with Crippen molar-refractivity contribution >= 4 is 29.0 Å². The number of nitrogens with zero attached hydrogens (tertiary/aromatic N) is 2. The number of urea groups is 1. The quantitative estimate of drug-likeness (QED) is 0.185. The van der Waals surface area contributed by atoms with Crippen LogP contribution < -0.4 is 16.0 Å². The van der Waals surface area contributed by atoms with Gasteiger partial charge in [0.05, 0.1) is 36.1 Å². The molecule has 8 nitrogen and oxygen atoms in total. The summed E-state index contributed by atoms with van der Waals surface area (Å²) >= 11 is 5.90. The number of methoxy groups -OCH3 is 1. The van der Waals surface area contributed by atoms with Gasteiger partial charge in [-0.3, -0.25) is 0 Å². The third-order valence-electron chi connectivity index (χ3n) is 7.78. The van der Waals surface area contributed by atoms with Gasteiger partial charge in [-0.15, -0.1) is 0 Å². The molecule has 5 rings (SSSR count). The molecular formula is C30H33ClF2N6O2. The van der Waals surface area contributed by atoms with Crippen LogP contribution in [0.3, 0.4) is 0 Å². The summed E-state index contributed by atoms with van der Waals surface area (Å²) in [6, 6.07) is 6.50. The van der Waals surface area contributed by atoms with Gasteiger partial charge in [-0.25, -0.2) is 18.6 Å². The summed E-state index contributed by atoms with van der Waals surface area (Å²) in [4.78, 5) is 23.2. The molecule has 1 aromatic heterocycles. The number of aromatic amines is 1. The number of fused-ring (bicyclic) bond motifs is 4. The van der Waals surface area contributed by atoms with Gasteiger partial charge in [0.2, 0.25) is 0 Å². The molecule has 216 valence electrons. The van der Waals surface area contributed by atoms with Crippen LogP contribution in [0.15, 0.2) is 61.3 Å². The maximum atomic E-state index is 14.7. The van der Waals surface area contributed by atoms with Crippen molar-refractivity contribution in [2.24, 2.45) is 5.92 Å². The Morgan fingerprint density at radius 2 is 2.02 bits per heavy atom. The first-order valence-corrected chi connectivity index (χ1v) is 13.9. The van der Waals surface area contributed by atoms with E-state index in [1.807, 2.05) is 18.2 Å². The number of H-pyrrole nitrogens is 1. The molecule has 4 N–H and O–H groups in total. The summed E-state index contributed by atoms with van der Waals surface area (Å²) in [5.74, 6) is -0.373. The van der Waals surface area contributed by atoms with Crippen molar-refractivity contribution in [3.8, 4) is 11.3 Å². The third-order valence-corrected chi connectivity index (χ3v) is 8.07. The van der Waals surface area contributed by atoms with Crippen molar-refractivity contribution in [2.75, 3.05) is 24.3 Å². The molecule has 41 heavy (non-hydrogen) atoms. The minimum Gasteiger partial charge on any atom is -0.483 e. The number of ether oxygens (including phenoxy) is 1. The zero-order valence-electron chi connectivity index (χ0n) is 23.0. The molecule has 11 heteroatoms. The van der Waals surface area contributed by atoms with Crippen molar-refractivity contribution < 1.29 is 18.3 Å². The number of rotatable bonds is 5. The van der Waals surface area contributed by atoms with E-state index in [0.29, 0.717) is 31.1 Å². The Morgan fingerprint density at radius 1 is 1.22 bits per heavy atom. The Kier molecular flexibility index (Phi) is 8.21. The Morgan fingerprint density at radius 3 is 2.78 bits per heavy atom. The first kappa shape index (κ1) is 28.5. The molecule has 2 aliphatic heterocycles. The van der Waals surface area contributed by atoms with E-state index in [0.717, 1.165) is 47.2 Å². The average molecular weight is 583 g/mol. The van der Waals surface area contributed by atoms with Gasteiger partial charge in [-0.2, -0.15) is 0 Å². The molecule has 3 atom stereocenters. The highest BCUT2D eigenvalue weighted by Crippen LogP contribution is 2.37. The molecular weight excluding hydrogens is 550 g/mol. The fraction of sp³-hybridized carbons (Fsp3) is 0.333. The highest BCUT2D eigenvalue weighted by atomic mass is 35.5. The van der Waals surface area contributed by atoms with Gasteiger partial charge >= 0.3 is 6.03 Å². The van der Waals surface area contributed by atoms with E-state index in [9.17, 15) is 13.6 Å². The number of aromatic nitrogens is 2. The van der Waals surface area contributed by atoms with Crippen LogP contribution >= 0.6 is 11.6 Å². The summed E-state index contributed by atoms with van der Waals surface area (Å²) in [7, 11) is 1.55. The van der Waals surface area contributed by atoms with Crippen LogP contribution in [-0.4, -0.2) is 34.6 Å². The summed E-state index contributed by atoms with van der Waals surface area (Å²) in [6.07, 6.45) is 4.34. The minimum absolute atomic E-state index is 0.156. The molecule has 0 radical (unpaired) electrons. The lowest BCUT2D eigenvalue weighted by Gasteiger charge is -2.38. The molecule has 1 saturated heterocycles. The maximum absolute atomic E-state index is 14.7. The molecule has 3 heterocycles. The summed E-state index contributed by atoms with van der Waals surface area (Å²) in [5, 5.41) is 9.20.